The molecule has 5 heteroatoms. The third-order valence-electron chi connectivity index (χ3n) is 4.01. The van der Waals surface area contributed by atoms with Gasteiger partial charge < -0.3 is 10.0 Å². The average Bonchev–Trinajstić information content (AvgIpc) is 2.89. The maximum Gasteiger partial charge on any atom is 0.308 e. The van der Waals surface area contributed by atoms with E-state index in [-0.39, 0.29) is 11.8 Å². The van der Waals surface area contributed by atoms with E-state index in [4.69, 9.17) is 0 Å². The molecule has 110 valence electrons. The van der Waals surface area contributed by atoms with Gasteiger partial charge in [0.05, 0.1) is 11.5 Å². The Morgan fingerprint density at radius 3 is 2.81 bits per heavy atom. The first-order valence-electron chi connectivity index (χ1n) is 7.04. The molecular formula is C16H17NO3S. The second-order valence-corrected chi connectivity index (χ2v) is 6.64. The van der Waals surface area contributed by atoms with Crippen LogP contribution in [0.1, 0.15) is 23.7 Å². The van der Waals surface area contributed by atoms with Crippen molar-refractivity contribution in [2.75, 3.05) is 13.1 Å². The summed E-state index contributed by atoms with van der Waals surface area (Å²) in [7, 11) is 0. The molecule has 2 aromatic rings. The molecule has 0 saturated carbocycles. The van der Waals surface area contributed by atoms with Crippen molar-refractivity contribution < 1.29 is 14.7 Å². The zero-order chi connectivity index (χ0) is 15.0. The fraction of sp³-hybridized carbons (Fsp3) is 0.375. The lowest BCUT2D eigenvalue weighted by molar-refractivity contribution is -0.143. The molecule has 2 atom stereocenters. The molecular weight excluding hydrogens is 286 g/mol. The minimum Gasteiger partial charge on any atom is -0.481 e. The summed E-state index contributed by atoms with van der Waals surface area (Å²) < 4.78 is 1.08. The summed E-state index contributed by atoms with van der Waals surface area (Å²) in [6, 6.07) is 7.82. The van der Waals surface area contributed by atoms with Crippen molar-refractivity contribution in [2.24, 2.45) is 11.8 Å². The van der Waals surface area contributed by atoms with Gasteiger partial charge in [-0.15, -0.1) is 11.3 Å². The number of carbonyl (C=O) groups is 2. The van der Waals surface area contributed by atoms with Crippen molar-refractivity contribution in [1.29, 1.82) is 0 Å². The minimum absolute atomic E-state index is 0.0507. The van der Waals surface area contributed by atoms with Crippen molar-refractivity contribution in [3.8, 4) is 0 Å². The lowest BCUT2D eigenvalue weighted by atomic mass is 9.90. The fourth-order valence-corrected chi connectivity index (χ4v) is 3.94. The van der Waals surface area contributed by atoms with Crippen LogP contribution in [-0.2, 0) is 4.79 Å². The molecule has 1 aromatic heterocycles. The third kappa shape index (κ3) is 2.65. The summed E-state index contributed by atoms with van der Waals surface area (Å²) >= 11 is 1.55. The van der Waals surface area contributed by atoms with Crippen LogP contribution >= 0.6 is 11.3 Å². The number of carboxylic acids is 1. The highest BCUT2D eigenvalue weighted by atomic mass is 32.1. The van der Waals surface area contributed by atoms with Gasteiger partial charge in [-0.3, -0.25) is 9.59 Å². The van der Waals surface area contributed by atoms with E-state index in [2.05, 4.69) is 0 Å². The summed E-state index contributed by atoms with van der Waals surface area (Å²) in [4.78, 5) is 25.7. The van der Waals surface area contributed by atoms with Gasteiger partial charge in [-0.1, -0.05) is 25.1 Å². The molecule has 21 heavy (non-hydrogen) atoms. The van der Waals surface area contributed by atoms with Gasteiger partial charge in [0.15, 0.2) is 0 Å². The number of likely N-dealkylation sites (tertiary alicyclic amines) is 1. The molecule has 1 amide bonds. The van der Waals surface area contributed by atoms with Crippen molar-refractivity contribution in [3.05, 3.63) is 35.2 Å². The number of hydrogen-bond donors (Lipinski definition) is 1. The molecule has 1 aliphatic rings. The Kier molecular flexibility index (Phi) is 3.68. The number of hydrogen-bond acceptors (Lipinski definition) is 3. The summed E-state index contributed by atoms with van der Waals surface area (Å²) in [5.74, 6) is -1.10. The van der Waals surface area contributed by atoms with E-state index in [0.717, 1.165) is 10.1 Å². The lowest BCUT2D eigenvalue weighted by Crippen LogP contribution is -2.45. The van der Waals surface area contributed by atoms with Gasteiger partial charge in [0.25, 0.3) is 5.91 Å². The summed E-state index contributed by atoms with van der Waals surface area (Å²) in [5.41, 5.74) is 0.689. The Morgan fingerprint density at radius 2 is 2.05 bits per heavy atom. The van der Waals surface area contributed by atoms with E-state index in [0.29, 0.717) is 25.1 Å². The van der Waals surface area contributed by atoms with Gasteiger partial charge >= 0.3 is 5.97 Å². The number of benzene rings is 1. The maximum atomic E-state index is 12.7. The number of rotatable bonds is 2. The monoisotopic (exact) mass is 303 g/mol. The number of piperidine rings is 1. The van der Waals surface area contributed by atoms with Crippen molar-refractivity contribution >= 4 is 33.3 Å². The predicted octanol–water partition coefficient (Wildman–Crippen LogP) is 3.08. The molecule has 1 saturated heterocycles. The van der Waals surface area contributed by atoms with Gasteiger partial charge in [0.2, 0.25) is 0 Å². The largest absolute Gasteiger partial charge is 0.481 e. The molecule has 1 fully saturated rings. The molecule has 1 N–H and O–H groups in total. The SMILES string of the molecule is CC1CC(C(=O)O)CN(C(=O)c2csc3ccccc23)C1. The number of nitrogens with zero attached hydrogens (tertiary/aromatic N) is 1. The Balaban J connectivity index is 1.89. The Bertz CT molecular complexity index is 694. The zero-order valence-corrected chi connectivity index (χ0v) is 12.6. The lowest BCUT2D eigenvalue weighted by Gasteiger charge is -2.34. The highest BCUT2D eigenvalue weighted by molar-refractivity contribution is 7.17. The quantitative estimate of drug-likeness (QED) is 0.927. The summed E-state index contributed by atoms with van der Waals surface area (Å²) in [6.45, 7) is 2.94. The highest BCUT2D eigenvalue weighted by Crippen LogP contribution is 2.29. The molecule has 1 aliphatic heterocycles. The van der Waals surface area contributed by atoms with Crippen LogP contribution in [0.3, 0.4) is 0 Å². The Hall–Kier alpha value is -1.88. The van der Waals surface area contributed by atoms with Gasteiger partial charge in [0.1, 0.15) is 0 Å². The maximum absolute atomic E-state index is 12.7. The third-order valence-corrected chi connectivity index (χ3v) is 4.97. The van der Waals surface area contributed by atoms with Gasteiger partial charge in [-0.2, -0.15) is 0 Å². The fourth-order valence-electron chi connectivity index (χ4n) is 3.01. The number of aliphatic carboxylic acids is 1. The molecule has 3 rings (SSSR count). The normalized spacial score (nSPS) is 22.4. The number of fused-ring (bicyclic) bond motifs is 1. The summed E-state index contributed by atoms with van der Waals surface area (Å²) in [6.07, 6.45) is 0.642. The molecule has 0 bridgehead atoms. The van der Waals surface area contributed by atoms with Crippen molar-refractivity contribution in [3.63, 3.8) is 0 Å². The van der Waals surface area contributed by atoms with E-state index in [9.17, 15) is 14.7 Å². The molecule has 0 radical (unpaired) electrons. The van der Waals surface area contributed by atoms with E-state index >= 15 is 0 Å². The topological polar surface area (TPSA) is 57.6 Å². The molecule has 0 aliphatic carbocycles. The highest BCUT2D eigenvalue weighted by Gasteiger charge is 2.32. The smallest absolute Gasteiger partial charge is 0.308 e. The molecule has 0 spiro atoms. The van der Waals surface area contributed by atoms with Crippen molar-refractivity contribution in [1.82, 2.24) is 4.90 Å². The van der Waals surface area contributed by atoms with E-state index < -0.39 is 11.9 Å². The molecule has 2 unspecified atom stereocenters. The van der Waals surface area contributed by atoms with E-state index in [1.54, 1.807) is 16.2 Å². The molecule has 1 aromatic carbocycles. The number of amides is 1. The standard InChI is InChI=1S/C16H17NO3S/c1-10-6-11(16(19)20)8-17(7-10)15(18)13-9-21-14-5-3-2-4-12(13)14/h2-5,9-11H,6-8H2,1H3,(H,19,20). The summed E-state index contributed by atoms with van der Waals surface area (Å²) in [5, 5.41) is 12.1. The van der Waals surface area contributed by atoms with Crippen LogP contribution in [0.25, 0.3) is 10.1 Å². The van der Waals surface area contributed by atoms with Crippen LogP contribution in [0.5, 0.6) is 0 Å². The van der Waals surface area contributed by atoms with Crippen LogP contribution in [0.15, 0.2) is 29.6 Å². The van der Waals surface area contributed by atoms with Gasteiger partial charge in [-0.05, 0) is 18.4 Å². The number of carbonyl (C=O) groups excluding carboxylic acids is 1. The first kappa shape index (κ1) is 14.1. The minimum atomic E-state index is -0.811. The second-order valence-electron chi connectivity index (χ2n) is 5.73. The van der Waals surface area contributed by atoms with Crippen LogP contribution in [0.4, 0.5) is 0 Å². The van der Waals surface area contributed by atoms with Crippen molar-refractivity contribution in [2.45, 2.75) is 13.3 Å². The van der Waals surface area contributed by atoms with Gasteiger partial charge in [0, 0.05) is 28.6 Å². The van der Waals surface area contributed by atoms with E-state index in [1.807, 2.05) is 36.6 Å². The van der Waals surface area contributed by atoms with Crippen LogP contribution in [0, 0.1) is 11.8 Å². The second kappa shape index (κ2) is 5.48. The Labute approximate surface area is 127 Å². The zero-order valence-electron chi connectivity index (χ0n) is 11.8. The van der Waals surface area contributed by atoms with E-state index in [1.165, 1.54) is 0 Å². The molecule has 2 heterocycles. The average molecular weight is 303 g/mol. The first-order valence-corrected chi connectivity index (χ1v) is 7.92. The van der Waals surface area contributed by atoms with Crippen LogP contribution in [-0.4, -0.2) is 35.0 Å². The number of carboxylic acid groups (broad SMARTS) is 1. The Morgan fingerprint density at radius 1 is 1.29 bits per heavy atom. The van der Waals surface area contributed by atoms with Crippen LogP contribution in [0.2, 0.25) is 0 Å². The predicted molar refractivity (Wildman–Crippen MR) is 82.6 cm³/mol. The van der Waals surface area contributed by atoms with Gasteiger partial charge in [-0.25, -0.2) is 0 Å². The first-order chi connectivity index (χ1) is 10.1. The molecule has 4 nitrogen and oxygen atoms in total. The van der Waals surface area contributed by atoms with Crippen LogP contribution < -0.4 is 0 Å². The number of thiophene rings is 1.